The summed E-state index contributed by atoms with van der Waals surface area (Å²) >= 11 is 0. The molecule has 0 bridgehead atoms. The Morgan fingerprint density at radius 3 is 2.19 bits per heavy atom. The van der Waals surface area contributed by atoms with Gasteiger partial charge in [0.2, 0.25) is 0 Å². The lowest BCUT2D eigenvalue weighted by Gasteiger charge is -2.19. The summed E-state index contributed by atoms with van der Waals surface area (Å²) in [5.41, 5.74) is 0.945. The Balaban J connectivity index is 1.96. The number of anilines is 1. The van der Waals surface area contributed by atoms with Crippen molar-refractivity contribution in [2.45, 2.75) is 4.90 Å². The SMILES string of the molecule is CN(c1ccccc1)S(=O)(=O)c1ccc(-c2cc(C(=O)O)ccc2F)cc1. The van der Waals surface area contributed by atoms with Gasteiger partial charge in [0.15, 0.2) is 0 Å². The van der Waals surface area contributed by atoms with E-state index >= 15 is 0 Å². The second-order valence-electron chi connectivity index (χ2n) is 5.83. The van der Waals surface area contributed by atoms with E-state index in [4.69, 9.17) is 5.11 Å². The number of aromatic carboxylic acids is 1. The third-order valence-corrected chi connectivity index (χ3v) is 5.96. The molecule has 5 nitrogen and oxygen atoms in total. The Bertz CT molecular complexity index is 1080. The van der Waals surface area contributed by atoms with Crippen LogP contribution in [0.2, 0.25) is 0 Å². The molecule has 0 atom stereocenters. The zero-order valence-electron chi connectivity index (χ0n) is 14.3. The van der Waals surface area contributed by atoms with Gasteiger partial charge >= 0.3 is 5.97 Å². The summed E-state index contributed by atoms with van der Waals surface area (Å²) in [6.45, 7) is 0. The van der Waals surface area contributed by atoms with Gasteiger partial charge in [-0.15, -0.1) is 0 Å². The van der Waals surface area contributed by atoms with Crippen LogP contribution >= 0.6 is 0 Å². The first kappa shape index (κ1) is 18.6. The van der Waals surface area contributed by atoms with Crippen LogP contribution < -0.4 is 4.31 Å². The first-order valence-corrected chi connectivity index (χ1v) is 9.42. The number of para-hydroxylation sites is 1. The topological polar surface area (TPSA) is 74.7 Å². The Morgan fingerprint density at radius 1 is 0.963 bits per heavy atom. The van der Waals surface area contributed by atoms with Gasteiger partial charge in [0.05, 0.1) is 16.1 Å². The van der Waals surface area contributed by atoms with Gasteiger partial charge in [-0.05, 0) is 48.0 Å². The van der Waals surface area contributed by atoms with E-state index in [1.807, 2.05) is 0 Å². The molecule has 3 aromatic carbocycles. The van der Waals surface area contributed by atoms with Crippen molar-refractivity contribution in [3.05, 3.63) is 84.2 Å². The molecule has 0 aliphatic heterocycles. The molecule has 0 fully saturated rings. The van der Waals surface area contributed by atoms with Crippen LogP contribution in [0.5, 0.6) is 0 Å². The first-order valence-electron chi connectivity index (χ1n) is 7.98. The maximum atomic E-state index is 14.1. The zero-order chi connectivity index (χ0) is 19.6. The largest absolute Gasteiger partial charge is 0.478 e. The highest BCUT2D eigenvalue weighted by molar-refractivity contribution is 7.92. The molecule has 1 N–H and O–H groups in total. The molecular formula is C20H16FNO4S. The average molecular weight is 385 g/mol. The minimum absolute atomic E-state index is 0.0485. The van der Waals surface area contributed by atoms with E-state index in [1.165, 1.54) is 43.4 Å². The lowest BCUT2D eigenvalue weighted by atomic mass is 10.0. The van der Waals surface area contributed by atoms with Crippen molar-refractivity contribution in [1.29, 1.82) is 0 Å². The standard InChI is InChI=1S/C20H16FNO4S/c1-22(16-5-3-2-4-6-16)27(25,26)17-10-7-14(8-11-17)18-13-15(20(23)24)9-12-19(18)21/h2-13H,1H3,(H,23,24). The smallest absolute Gasteiger partial charge is 0.335 e. The molecule has 0 aliphatic rings. The first-order chi connectivity index (χ1) is 12.8. The summed E-state index contributed by atoms with van der Waals surface area (Å²) in [6.07, 6.45) is 0. The van der Waals surface area contributed by atoms with Crippen LogP contribution in [0.15, 0.2) is 77.7 Å². The van der Waals surface area contributed by atoms with Crippen LogP contribution in [0.3, 0.4) is 0 Å². The molecule has 0 heterocycles. The summed E-state index contributed by atoms with van der Waals surface area (Å²) in [7, 11) is -2.32. The van der Waals surface area contributed by atoms with Crippen LogP contribution in [-0.4, -0.2) is 26.5 Å². The van der Waals surface area contributed by atoms with Gasteiger partial charge in [-0.1, -0.05) is 30.3 Å². The predicted octanol–water partition coefficient (Wildman–Crippen LogP) is 4.02. The molecule has 0 spiro atoms. The highest BCUT2D eigenvalue weighted by Crippen LogP contribution is 2.27. The molecule has 0 saturated heterocycles. The number of nitrogens with zero attached hydrogens (tertiary/aromatic N) is 1. The fraction of sp³-hybridized carbons (Fsp3) is 0.0500. The van der Waals surface area contributed by atoms with E-state index in [0.717, 1.165) is 10.4 Å². The van der Waals surface area contributed by atoms with E-state index in [-0.39, 0.29) is 16.0 Å². The molecule has 0 unspecified atom stereocenters. The van der Waals surface area contributed by atoms with E-state index in [2.05, 4.69) is 0 Å². The summed E-state index contributed by atoms with van der Waals surface area (Å²) in [5.74, 6) is -1.75. The molecule has 0 amide bonds. The van der Waals surface area contributed by atoms with Crippen molar-refractivity contribution in [2.24, 2.45) is 0 Å². The molecule has 0 aliphatic carbocycles. The Hall–Kier alpha value is -3.19. The maximum Gasteiger partial charge on any atom is 0.335 e. The van der Waals surface area contributed by atoms with Gasteiger partial charge in [0, 0.05) is 12.6 Å². The van der Waals surface area contributed by atoms with Gasteiger partial charge in [0.25, 0.3) is 10.0 Å². The van der Waals surface area contributed by atoms with Crippen molar-refractivity contribution < 1.29 is 22.7 Å². The summed E-state index contributed by atoms with van der Waals surface area (Å²) in [4.78, 5) is 11.1. The molecule has 138 valence electrons. The van der Waals surface area contributed by atoms with Crippen molar-refractivity contribution in [1.82, 2.24) is 0 Å². The molecule has 3 rings (SSSR count). The van der Waals surface area contributed by atoms with Crippen molar-refractivity contribution in [3.8, 4) is 11.1 Å². The maximum absolute atomic E-state index is 14.1. The second-order valence-corrected chi connectivity index (χ2v) is 7.80. The fourth-order valence-electron chi connectivity index (χ4n) is 2.62. The molecule has 0 saturated carbocycles. The fourth-order valence-corrected chi connectivity index (χ4v) is 3.82. The van der Waals surface area contributed by atoms with E-state index in [0.29, 0.717) is 11.3 Å². The quantitative estimate of drug-likeness (QED) is 0.720. The highest BCUT2D eigenvalue weighted by Gasteiger charge is 2.21. The Morgan fingerprint density at radius 2 is 1.59 bits per heavy atom. The summed E-state index contributed by atoms with van der Waals surface area (Å²) < 4.78 is 40.8. The zero-order valence-corrected chi connectivity index (χ0v) is 15.2. The normalized spacial score (nSPS) is 11.2. The van der Waals surface area contributed by atoms with Crippen LogP contribution in [-0.2, 0) is 10.0 Å². The van der Waals surface area contributed by atoms with E-state index in [9.17, 15) is 17.6 Å². The molecule has 7 heteroatoms. The average Bonchev–Trinajstić information content (AvgIpc) is 2.68. The lowest BCUT2D eigenvalue weighted by Crippen LogP contribution is -2.26. The highest BCUT2D eigenvalue weighted by atomic mass is 32.2. The molecule has 0 radical (unpaired) electrons. The Kier molecular flexibility index (Phi) is 4.96. The van der Waals surface area contributed by atoms with Crippen molar-refractivity contribution in [2.75, 3.05) is 11.4 Å². The van der Waals surface area contributed by atoms with Gasteiger partial charge in [0.1, 0.15) is 5.82 Å². The van der Waals surface area contributed by atoms with Crippen LogP contribution in [0.4, 0.5) is 10.1 Å². The second kappa shape index (κ2) is 7.20. The molecule has 27 heavy (non-hydrogen) atoms. The summed E-state index contributed by atoms with van der Waals surface area (Å²) in [6, 6.07) is 17.7. The number of carbonyl (C=O) groups is 1. The third-order valence-electron chi connectivity index (χ3n) is 4.16. The number of hydrogen-bond donors (Lipinski definition) is 1. The van der Waals surface area contributed by atoms with Gasteiger partial charge in [-0.3, -0.25) is 4.31 Å². The predicted molar refractivity (Wildman–Crippen MR) is 101 cm³/mol. The minimum Gasteiger partial charge on any atom is -0.478 e. The number of carboxylic acid groups (broad SMARTS) is 1. The number of rotatable bonds is 5. The monoisotopic (exact) mass is 385 g/mol. The van der Waals surface area contributed by atoms with E-state index in [1.54, 1.807) is 30.3 Å². The number of carboxylic acids is 1. The number of halogens is 1. The van der Waals surface area contributed by atoms with Crippen LogP contribution in [0, 0.1) is 5.82 Å². The van der Waals surface area contributed by atoms with Gasteiger partial charge < -0.3 is 5.11 Å². The van der Waals surface area contributed by atoms with E-state index < -0.39 is 21.8 Å². The Labute approximate surface area is 156 Å². The summed E-state index contributed by atoms with van der Waals surface area (Å²) in [5, 5.41) is 9.06. The minimum atomic E-state index is -3.78. The lowest BCUT2D eigenvalue weighted by molar-refractivity contribution is 0.0697. The molecular weight excluding hydrogens is 369 g/mol. The van der Waals surface area contributed by atoms with Crippen molar-refractivity contribution >= 4 is 21.7 Å². The third kappa shape index (κ3) is 3.68. The van der Waals surface area contributed by atoms with Crippen molar-refractivity contribution in [3.63, 3.8) is 0 Å². The van der Waals surface area contributed by atoms with Crippen LogP contribution in [0.1, 0.15) is 10.4 Å². The molecule has 3 aromatic rings. The number of sulfonamides is 1. The molecule has 0 aromatic heterocycles. The number of hydrogen-bond acceptors (Lipinski definition) is 3. The number of benzene rings is 3. The van der Waals surface area contributed by atoms with Gasteiger partial charge in [-0.25, -0.2) is 17.6 Å². The van der Waals surface area contributed by atoms with Gasteiger partial charge in [-0.2, -0.15) is 0 Å². The van der Waals surface area contributed by atoms with Crippen LogP contribution in [0.25, 0.3) is 11.1 Å².